The van der Waals surface area contributed by atoms with Gasteiger partial charge in [-0.25, -0.2) is 0 Å². The molecule has 0 bridgehead atoms. The van der Waals surface area contributed by atoms with Crippen LogP contribution in [0, 0.1) is 10.9 Å². The van der Waals surface area contributed by atoms with Gasteiger partial charge in [0.25, 0.3) is 0 Å². The topological polar surface area (TPSA) is 61.7 Å². The molecule has 1 rings (SSSR count). The van der Waals surface area contributed by atoms with Gasteiger partial charge in [-0.1, -0.05) is 11.3 Å². The van der Waals surface area contributed by atoms with Crippen molar-refractivity contribution in [2.45, 2.75) is 13.5 Å². The molecule has 1 radical (unpaired) electrons. The van der Waals surface area contributed by atoms with Crippen molar-refractivity contribution in [3.8, 4) is 0 Å². The summed E-state index contributed by atoms with van der Waals surface area (Å²) in [5, 5.41) is 18.0. The number of hydrogen-bond donors (Lipinski definition) is 2. The number of nitrogens with zero attached hydrogens (tertiary/aromatic N) is 2. The molecule has 0 saturated heterocycles. The third kappa shape index (κ3) is 2.10. The maximum Gasteiger partial charge on any atom is 0.178 e. The van der Waals surface area contributed by atoms with Crippen LogP contribution in [-0.4, -0.2) is 16.0 Å². The molecule has 0 atom stereocenters. The lowest BCUT2D eigenvalue weighted by Crippen LogP contribution is -2.17. The van der Waals surface area contributed by atoms with Gasteiger partial charge >= 0.3 is 0 Å². The molecule has 10 heavy (non-hydrogen) atoms. The number of amidine groups is 1. The predicted molar refractivity (Wildman–Crippen MR) is 39.0 cm³/mol. The Labute approximate surface area is 62.8 Å². The zero-order chi connectivity index (χ0) is 7.40. The standard InChI is InChI=1S/C5H7N4S/c1-4(6)7-2-5-9-8-3-10-5/h2H2,1H3,(H2,6,7). The van der Waals surface area contributed by atoms with Gasteiger partial charge in [0.05, 0.1) is 12.4 Å². The van der Waals surface area contributed by atoms with E-state index in [-0.39, 0.29) is 0 Å². The molecule has 0 spiro atoms. The van der Waals surface area contributed by atoms with Crippen molar-refractivity contribution in [3.05, 3.63) is 10.5 Å². The van der Waals surface area contributed by atoms with Gasteiger partial charge in [-0.05, 0) is 6.92 Å². The van der Waals surface area contributed by atoms with Crippen molar-refractivity contribution in [1.29, 1.82) is 5.41 Å². The van der Waals surface area contributed by atoms with Gasteiger partial charge in [-0.15, -0.1) is 10.2 Å². The molecular formula is C5H7N4S. The van der Waals surface area contributed by atoms with E-state index in [2.05, 4.69) is 21.0 Å². The number of rotatable bonds is 2. The molecule has 53 valence electrons. The molecule has 0 aliphatic carbocycles. The molecule has 0 unspecified atom stereocenters. The maximum atomic E-state index is 7.03. The zero-order valence-corrected chi connectivity index (χ0v) is 6.33. The van der Waals surface area contributed by atoms with E-state index in [4.69, 9.17) is 5.41 Å². The minimum Gasteiger partial charge on any atom is -0.368 e. The summed E-state index contributed by atoms with van der Waals surface area (Å²) in [4.78, 5) is 0. The number of nitrogens with one attached hydrogen (secondary N) is 2. The molecule has 2 N–H and O–H groups in total. The van der Waals surface area contributed by atoms with Crippen LogP contribution in [0.2, 0.25) is 0 Å². The number of hydrogen-bond acceptors (Lipinski definition) is 4. The highest BCUT2D eigenvalue weighted by Crippen LogP contribution is 1.98. The van der Waals surface area contributed by atoms with Crippen LogP contribution >= 0.6 is 11.3 Å². The Morgan fingerprint density at radius 3 is 3.20 bits per heavy atom. The fourth-order valence-corrected chi connectivity index (χ4v) is 0.862. The number of aromatic nitrogens is 2. The molecule has 0 aliphatic heterocycles. The van der Waals surface area contributed by atoms with E-state index in [9.17, 15) is 0 Å². The minimum absolute atomic E-state index is 0.440. The molecule has 0 saturated carbocycles. The van der Waals surface area contributed by atoms with Crippen LogP contribution in [0.1, 0.15) is 11.9 Å². The van der Waals surface area contributed by atoms with Gasteiger partial charge in [0.15, 0.2) is 5.51 Å². The Bertz CT molecular complexity index is 205. The normalized spacial score (nSPS) is 9.30. The van der Waals surface area contributed by atoms with E-state index in [0.717, 1.165) is 5.01 Å². The third-order valence-corrected chi connectivity index (χ3v) is 1.51. The first-order chi connectivity index (χ1) is 4.79. The molecule has 0 aliphatic rings. The molecule has 0 aromatic carbocycles. The summed E-state index contributed by atoms with van der Waals surface area (Å²) in [6.07, 6.45) is 0. The Morgan fingerprint density at radius 2 is 2.70 bits per heavy atom. The van der Waals surface area contributed by atoms with Crippen LogP contribution in [0.15, 0.2) is 0 Å². The van der Waals surface area contributed by atoms with Crippen molar-refractivity contribution in [1.82, 2.24) is 15.5 Å². The molecule has 1 aromatic rings. The van der Waals surface area contributed by atoms with Gasteiger partial charge in [0.1, 0.15) is 5.01 Å². The summed E-state index contributed by atoms with van der Waals surface area (Å²) < 4.78 is 0. The van der Waals surface area contributed by atoms with Crippen LogP contribution in [0.25, 0.3) is 0 Å². The molecule has 1 heterocycles. The van der Waals surface area contributed by atoms with E-state index in [1.165, 1.54) is 11.3 Å². The summed E-state index contributed by atoms with van der Waals surface area (Å²) >= 11 is 1.36. The molecule has 5 heteroatoms. The van der Waals surface area contributed by atoms with Crippen LogP contribution in [0.4, 0.5) is 0 Å². The predicted octanol–water partition coefficient (Wildman–Crippen LogP) is 0.425. The lowest BCUT2D eigenvalue weighted by Gasteiger charge is -1.97. The SMILES string of the molecule is CC(=N)NCc1nn[c]s1. The van der Waals surface area contributed by atoms with Gasteiger partial charge < -0.3 is 5.32 Å². The lowest BCUT2D eigenvalue weighted by atomic mass is 10.6. The second-order valence-corrected chi connectivity index (χ2v) is 2.62. The smallest absolute Gasteiger partial charge is 0.178 e. The Hall–Kier alpha value is -0.970. The van der Waals surface area contributed by atoms with E-state index in [1.807, 2.05) is 0 Å². The maximum absolute atomic E-state index is 7.03. The Kier molecular flexibility index (Phi) is 2.33. The monoisotopic (exact) mass is 155 g/mol. The van der Waals surface area contributed by atoms with Gasteiger partial charge in [0.2, 0.25) is 0 Å². The molecular weight excluding hydrogens is 148 g/mol. The van der Waals surface area contributed by atoms with Gasteiger partial charge in [-0.2, -0.15) is 0 Å². The minimum atomic E-state index is 0.440. The largest absolute Gasteiger partial charge is 0.368 e. The first-order valence-corrected chi connectivity index (χ1v) is 3.58. The Morgan fingerprint density at radius 1 is 1.90 bits per heavy atom. The van der Waals surface area contributed by atoms with Crippen LogP contribution < -0.4 is 5.32 Å². The van der Waals surface area contributed by atoms with Gasteiger partial charge in [-0.3, -0.25) is 5.41 Å². The average molecular weight is 155 g/mol. The highest BCUT2D eigenvalue weighted by Gasteiger charge is 1.94. The fourth-order valence-electron chi connectivity index (χ4n) is 0.449. The van der Waals surface area contributed by atoms with Crippen molar-refractivity contribution in [2.24, 2.45) is 0 Å². The van der Waals surface area contributed by atoms with Crippen molar-refractivity contribution < 1.29 is 0 Å². The first-order valence-electron chi connectivity index (χ1n) is 2.76. The second kappa shape index (κ2) is 3.26. The van der Waals surface area contributed by atoms with Crippen molar-refractivity contribution in [3.63, 3.8) is 0 Å². The Balaban J connectivity index is 2.35. The molecule has 1 aromatic heterocycles. The van der Waals surface area contributed by atoms with Crippen LogP contribution in [0.3, 0.4) is 0 Å². The van der Waals surface area contributed by atoms with E-state index in [1.54, 1.807) is 6.92 Å². The zero-order valence-electron chi connectivity index (χ0n) is 5.51. The second-order valence-electron chi connectivity index (χ2n) is 1.77. The average Bonchev–Trinajstić information content (AvgIpc) is 2.34. The summed E-state index contributed by atoms with van der Waals surface area (Å²) in [6.45, 7) is 2.27. The van der Waals surface area contributed by atoms with Gasteiger partial charge in [0, 0.05) is 0 Å². The highest BCUT2D eigenvalue weighted by atomic mass is 32.1. The third-order valence-electron chi connectivity index (χ3n) is 0.871. The summed E-state index contributed by atoms with van der Waals surface area (Å²) in [5.74, 6) is 0.440. The van der Waals surface area contributed by atoms with Crippen LogP contribution in [-0.2, 0) is 6.54 Å². The molecule has 0 amide bonds. The lowest BCUT2D eigenvalue weighted by molar-refractivity contribution is 0.861. The molecule has 4 nitrogen and oxygen atoms in total. The van der Waals surface area contributed by atoms with E-state index < -0.39 is 0 Å². The summed E-state index contributed by atoms with van der Waals surface area (Å²) in [5.41, 5.74) is 2.62. The van der Waals surface area contributed by atoms with Crippen molar-refractivity contribution >= 4 is 17.2 Å². The molecule has 0 fully saturated rings. The van der Waals surface area contributed by atoms with Crippen molar-refractivity contribution in [2.75, 3.05) is 0 Å². The highest BCUT2D eigenvalue weighted by molar-refractivity contribution is 7.08. The summed E-state index contributed by atoms with van der Waals surface area (Å²) in [7, 11) is 0. The summed E-state index contributed by atoms with van der Waals surface area (Å²) in [6, 6.07) is 0. The first kappa shape index (κ1) is 7.14. The van der Waals surface area contributed by atoms with E-state index >= 15 is 0 Å². The van der Waals surface area contributed by atoms with Crippen LogP contribution in [0.5, 0.6) is 0 Å². The fraction of sp³-hybridized carbons (Fsp3) is 0.400. The quantitative estimate of drug-likeness (QED) is 0.480. The van der Waals surface area contributed by atoms with E-state index in [0.29, 0.717) is 12.4 Å².